The van der Waals surface area contributed by atoms with Gasteiger partial charge >= 0.3 is 0 Å². The molecule has 0 radical (unpaired) electrons. The van der Waals surface area contributed by atoms with Gasteiger partial charge in [-0.2, -0.15) is 0 Å². The number of hydrogen-bond acceptors (Lipinski definition) is 4. The Labute approximate surface area is 89.4 Å². The summed E-state index contributed by atoms with van der Waals surface area (Å²) in [5.74, 6) is -0.919. The van der Waals surface area contributed by atoms with Crippen molar-refractivity contribution in [3.63, 3.8) is 0 Å². The zero-order valence-corrected chi connectivity index (χ0v) is 9.18. The number of rotatable bonds is 6. The highest BCUT2D eigenvalue weighted by molar-refractivity contribution is 6.01. The maximum Gasteiger partial charge on any atom is 0.233 e. The molecule has 0 aromatic heterocycles. The highest BCUT2D eigenvalue weighted by atomic mass is 16.4. The van der Waals surface area contributed by atoms with Gasteiger partial charge in [-0.15, -0.1) is 0 Å². The SMILES string of the molecule is CCN(CCCO)C(=O)C(C)C(N)=NO. The van der Waals surface area contributed by atoms with Crippen LogP contribution >= 0.6 is 0 Å². The van der Waals surface area contributed by atoms with Crippen molar-refractivity contribution in [1.82, 2.24) is 4.90 Å². The number of nitrogens with two attached hydrogens (primary N) is 1. The molecule has 1 unspecified atom stereocenters. The first-order chi connectivity index (χ1) is 7.08. The van der Waals surface area contributed by atoms with Gasteiger partial charge in [-0.3, -0.25) is 4.79 Å². The lowest BCUT2D eigenvalue weighted by Gasteiger charge is -2.23. The van der Waals surface area contributed by atoms with Crippen molar-refractivity contribution < 1.29 is 15.1 Å². The second kappa shape index (κ2) is 7.05. The van der Waals surface area contributed by atoms with E-state index in [1.165, 1.54) is 0 Å². The number of amides is 1. The van der Waals surface area contributed by atoms with Gasteiger partial charge in [0.25, 0.3) is 0 Å². The molecular formula is C9H19N3O3. The molecule has 1 amide bonds. The van der Waals surface area contributed by atoms with Gasteiger partial charge in [-0.05, 0) is 20.3 Å². The molecule has 0 aliphatic rings. The molecular weight excluding hydrogens is 198 g/mol. The number of aliphatic hydroxyl groups excluding tert-OH is 1. The summed E-state index contributed by atoms with van der Waals surface area (Å²) in [5.41, 5.74) is 5.34. The van der Waals surface area contributed by atoms with Crippen LogP contribution in [0.4, 0.5) is 0 Å². The zero-order chi connectivity index (χ0) is 11.8. The normalized spacial score (nSPS) is 13.7. The van der Waals surface area contributed by atoms with E-state index >= 15 is 0 Å². The van der Waals surface area contributed by atoms with Gasteiger partial charge < -0.3 is 20.9 Å². The molecule has 0 spiro atoms. The predicted molar refractivity (Wildman–Crippen MR) is 56.5 cm³/mol. The van der Waals surface area contributed by atoms with Crippen LogP contribution in [0.5, 0.6) is 0 Å². The molecule has 0 aliphatic heterocycles. The summed E-state index contributed by atoms with van der Waals surface area (Å²) in [5, 5.41) is 19.9. The van der Waals surface area contributed by atoms with Crippen molar-refractivity contribution in [2.24, 2.45) is 16.8 Å². The Bertz CT molecular complexity index is 231. The summed E-state index contributed by atoms with van der Waals surface area (Å²) in [6.07, 6.45) is 0.530. The van der Waals surface area contributed by atoms with Crippen molar-refractivity contribution in [2.45, 2.75) is 20.3 Å². The average Bonchev–Trinajstić information content (AvgIpc) is 2.27. The Hall–Kier alpha value is -1.30. The maximum absolute atomic E-state index is 11.8. The Morgan fingerprint density at radius 2 is 2.20 bits per heavy atom. The Balaban J connectivity index is 4.37. The largest absolute Gasteiger partial charge is 0.409 e. The molecule has 0 rings (SSSR count). The van der Waals surface area contributed by atoms with Gasteiger partial charge in [0.05, 0.1) is 5.92 Å². The van der Waals surface area contributed by atoms with Crippen LogP contribution in [0.3, 0.4) is 0 Å². The van der Waals surface area contributed by atoms with Gasteiger partial charge in [-0.1, -0.05) is 5.16 Å². The topological polar surface area (TPSA) is 99.2 Å². The first-order valence-electron chi connectivity index (χ1n) is 4.95. The first kappa shape index (κ1) is 13.7. The summed E-state index contributed by atoms with van der Waals surface area (Å²) in [6, 6.07) is 0. The van der Waals surface area contributed by atoms with E-state index in [0.717, 1.165) is 0 Å². The van der Waals surface area contributed by atoms with E-state index in [9.17, 15) is 4.79 Å². The average molecular weight is 217 g/mol. The third-order valence-electron chi connectivity index (χ3n) is 2.21. The molecule has 1 atom stereocenters. The monoisotopic (exact) mass is 217 g/mol. The number of hydrogen-bond donors (Lipinski definition) is 3. The molecule has 0 aromatic rings. The van der Waals surface area contributed by atoms with Crippen molar-refractivity contribution in [1.29, 1.82) is 0 Å². The van der Waals surface area contributed by atoms with Crippen molar-refractivity contribution in [3.8, 4) is 0 Å². The van der Waals surface area contributed by atoms with E-state index < -0.39 is 5.92 Å². The van der Waals surface area contributed by atoms with E-state index in [0.29, 0.717) is 19.5 Å². The van der Waals surface area contributed by atoms with Gasteiger partial charge in [0.15, 0.2) is 5.84 Å². The highest BCUT2D eigenvalue weighted by Gasteiger charge is 2.22. The molecule has 0 saturated carbocycles. The molecule has 6 heteroatoms. The van der Waals surface area contributed by atoms with E-state index in [-0.39, 0.29) is 18.3 Å². The third kappa shape index (κ3) is 4.16. The fraction of sp³-hybridized carbons (Fsp3) is 0.778. The molecule has 0 aromatic carbocycles. The molecule has 88 valence electrons. The number of nitrogens with zero attached hydrogens (tertiary/aromatic N) is 2. The molecule has 0 saturated heterocycles. The molecule has 15 heavy (non-hydrogen) atoms. The third-order valence-corrected chi connectivity index (χ3v) is 2.21. The molecule has 0 aliphatic carbocycles. The van der Waals surface area contributed by atoms with Crippen molar-refractivity contribution >= 4 is 11.7 Å². The minimum atomic E-state index is -0.631. The number of amidine groups is 1. The Morgan fingerprint density at radius 3 is 2.60 bits per heavy atom. The lowest BCUT2D eigenvalue weighted by molar-refractivity contribution is -0.132. The standard InChI is InChI=1S/C9H19N3O3/c1-3-12(5-4-6-13)9(14)7(2)8(10)11-15/h7,13,15H,3-6H2,1-2H3,(H2,10,11). The first-order valence-corrected chi connectivity index (χ1v) is 4.95. The molecule has 6 nitrogen and oxygen atoms in total. The van der Waals surface area contributed by atoms with Crippen molar-refractivity contribution in [2.75, 3.05) is 19.7 Å². The minimum Gasteiger partial charge on any atom is -0.409 e. The van der Waals surface area contributed by atoms with Crippen LogP contribution in [0, 0.1) is 5.92 Å². The Morgan fingerprint density at radius 1 is 1.60 bits per heavy atom. The van der Waals surface area contributed by atoms with Crippen LogP contribution in [0.25, 0.3) is 0 Å². The summed E-state index contributed by atoms with van der Waals surface area (Å²) in [4.78, 5) is 13.3. The Kier molecular flexibility index (Phi) is 6.44. The number of oxime groups is 1. The van der Waals surface area contributed by atoms with E-state index in [1.807, 2.05) is 6.92 Å². The predicted octanol–water partition coefficient (Wildman–Crippen LogP) is -0.400. The van der Waals surface area contributed by atoms with Crippen LogP contribution in [-0.4, -0.2) is 46.7 Å². The van der Waals surface area contributed by atoms with Crippen molar-refractivity contribution in [3.05, 3.63) is 0 Å². The van der Waals surface area contributed by atoms with Crippen LogP contribution in [0.15, 0.2) is 5.16 Å². The van der Waals surface area contributed by atoms with E-state index in [4.69, 9.17) is 16.0 Å². The molecule has 0 fully saturated rings. The van der Waals surface area contributed by atoms with E-state index in [1.54, 1.807) is 11.8 Å². The summed E-state index contributed by atoms with van der Waals surface area (Å²) >= 11 is 0. The van der Waals surface area contributed by atoms with E-state index in [2.05, 4.69) is 5.16 Å². The van der Waals surface area contributed by atoms with Crippen LogP contribution in [0.2, 0.25) is 0 Å². The second-order valence-corrected chi connectivity index (χ2v) is 3.24. The van der Waals surface area contributed by atoms with Crippen LogP contribution in [-0.2, 0) is 4.79 Å². The maximum atomic E-state index is 11.8. The van der Waals surface area contributed by atoms with Gasteiger partial charge in [0, 0.05) is 19.7 Å². The van der Waals surface area contributed by atoms with Gasteiger partial charge in [-0.25, -0.2) is 0 Å². The van der Waals surface area contributed by atoms with Crippen LogP contribution in [0.1, 0.15) is 20.3 Å². The number of aliphatic hydroxyl groups is 1. The summed E-state index contributed by atoms with van der Waals surface area (Å²) in [6.45, 7) is 4.49. The molecule has 4 N–H and O–H groups in total. The molecule has 0 bridgehead atoms. The quantitative estimate of drug-likeness (QED) is 0.244. The fourth-order valence-corrected chi connectivity index (χ4v) is 1.17. The lowest BCUT2D eigenvalue weighted by Crippen LogP contribution is -2.41. The lowest BCUT2D eigenvalue weighted by atomic mass is 10.1. The molecule has 0 heterocycles. The number of carbonyl (C=O) groups excluding carboxylic acids is 1. The smallest absolute Gasteiger partial charge is 0.233 e. The van der Waals surface area contributed by atoms with Crippen LogP contribution < -0.4 is 5.73 Å². The summed E-state index contributed by atoms with van der Waals surface area (Å²) < 4.78 is 0. The minimum absolute atomic E-state index is 0.0434. The van der Waals surface area contributed by atoms with Gasteiger partial charge in [0.1, 0.15) is 0 Å². The number of carbonyl (C=O) groups is 1. The zero-order valence-electron chi connectivity index (χ0n) is 9.18. The van der Waals surface area contributed by atoms with Gasteiger partial charge in [0.2, 0.25) is 5.91 Å². The fourth-order valence-electron chi connectivity index (χ4n) is 1.17. The summed E-state index contributed by atoms with van der Waals surface area (Å²) in [7, 11) is 0. The second-order valence-electron chi connectivity index (χ2n) is 3.24. The highest BCUT2D eigenvalue weighted by Crippen LogP contribution is 2.03.